The number of carbonyl (C=O) groups is 1. The van der Waals surface area contributed by atoms with Crippen molar-refractivity contribution in [3.8, 4) is 17.1 Å². The molecular weight excluding hydrogens is 435 g/mol. The van der Waals surface area contributed by atoms with Crippen molar-refractivity contribution >= 4 is 17.6 Å². The highest BCUT2D eigenvalue weighted by Crippen LogP contribution is 2.37. The number of halogens is 4. The van der Waals surface area contributed by atoms with Crippen molar-refractivity contribution in [3.63, 3.8) is 0 Å². The minimum absolute atomic E-state index is 0.0314. The van der Waals surface area contributed by atoms with E-state index in [-0.39, 0.29) is 28.5 Å². The maximum atomic E-state index is 13.4. The monoisotopic (exact) mass is 453 g/mol. The Morgan fingerprint density at radius 2 is 1.77 bits per heavy atom. The van der Waals surface area contributed by atoms with Crippen molar-refractivity contribution in [1.82, 2.24) is 14.8 Å². The molecule has 0 aliphatic rings. The molecule has 0 saturated heterocycles. The summed E-state index contributed by atoms with van der Waals surface area (Å²) in [5.74, 6) is -0.179. The number of aromatic nitrogens is 3. The molecule has 0 aliphatic carbocycles. The Balaban J connectivity index is 2.03. The normalized spacial score (nSPS) is 12.0. The van der Waals surface area contributed by atoms with Crippen molar-refractivity contribution in [1.29, 1.82) is 0 Å². The van der Waals surface area contributed by atoms with Crippen LogP contribution in [0.15, 0.2) is 42.5 Å². The van der Waals surface area contributed by atoms with E-state index < -0.39 is 23.3 Å². The number of nitrogens with zero attached hydrogens (tertiary/aromatic N) is 3. The van der Waals surface area contributed by atoms with Crippen LogP contribution in [0.2, 0.25) is 5.02 Å². The number of alkyl halides is 3. The van der Waals surface area contributed by atoms with E-state index in [4.69, 9.17) is 21.1 Å². The summed E-state index contributed by atoms with van der Waals surface area (Å²) in [6.45, 7) is 3.32. The molecule has 0 atom stereocenters. The van der Waals surface area contributed by atoms with Crippen molar-refractivity contribution in [2.75, 3.05) is 7.11 Å². The van der Waals surface area contributed by atoms with Crippen LogP contribution in [0.1, 0.15) is 35.6 Å². The van der Waals surface area contributed by atoms with Gasteiger partial charge in [0, 0.05) is 17.6 Å². The Labute approximate surface area is 181 Å². The van der Waals surface area contributed by atoms with Crippen LogP contribution in [-0.4, -0.2) is 27.8 Å². The fourth-order valence-electron chi connectivity index (χ4n) is 3.19. The van der Waals surface area contributed by atoms with Crippen LogP contribution in [0.3, 0.4) is 0 Å². The standard InChI is InChI=1S/C21H19ClF3N3O3/c1-20(2,31-16-10-9-12(22)11-14(16)18(29)30-4)19-27-26-17(28(19)3)13-7-5-6-8-15(13)21(23,24)25/h5-11H,1-4H3. The molecular formula is C21H19ClF3N3O3. The summed E-state index contributed by atoms with van der Waals surface area (Å²) >= 11 is 5.97. The van der Waals surface area contributed by atoms with Crippen molar-refractivity contribution < 1.29 is 27.4 Å². The number of carbonyl (C=O) groups excluding carboxylic acids is 1. The number of benzene rings is 2. The minimum atomic E-state index is -4.55. The Hall–Kier alpha value is -3.07. The molecule has 3 aromatic rings. The van der Waals surface area contributed by atoms with E-state index in [0.29, 0.717) is 5.02 Å². The first-order valence-electron chi connectivity index (χ1n) is 9.09. The molecule has 2 aromatic carbocycles. The number of ether oxygens (including phenoxy) is 2. The molecule has 0 N–H and O–H groups in total. The summed E-state index contributed by atoms with van der Waals surface area (Å²) in [6.07, 6.45) is -4.55. The summed E-state index contributed by atoms with van der Waals surface area (Å²) in [5.41, 5.74) is -1.98. The van der Waals surface area contributed by atoms with Crippen LogP contribution < -0.4 is 4.74 Å². The molecule has 0 aliphatic heterocycles. The number of hydrogen-bond donors (Lipinski definition) is 0. The average Bonchev–Trinajstić information content (AvgIpc) is 3.10. The van der Waals surface area contributed by atoms with Gasteiger partial charge in [0.15, 0.2) is 17.2 Å². The van der Waals surface area contributed by atoms with Crippen LogP contribution in [0.4, 0.5) is 13.2 Å². The fourth-order valence-corrected chi connectivity index (χ4v) is 3.37. The summed E-state index contributed by atoms with van der Waals surface area (Å²) in [5, 5.41) is 8.36. The SMILES string of the molecule is COC(=O)c1cc(Cl)ccc1OC(C)(C)c1nnc(-c2ccccc2C(F)(F)F)n1C. The Bertz CT molecular complexity index is 1130. The smallest absolute Gasteiger partial charge is 0.417 e. The van der Waals surface area contributed by atoms with E-state index in [1.807, 2.05) is 0 Å². The van der Waals surface area contributed by atoms with E-state index in [2.05, 4.69) is 10.2 Å². The van der Waals surface area contributed by atoms with E-state index in [1.165, 1.54) is 42.0 Å². The lowest BCUT2D eigenvalue weighted by atomic mass is 10.1. The lowest BCUT2D eigenvalue weighted by Crippen LogP contribution is -2.30. The highest BCUT2D eigenvalue weighted by atomic mass is 35.5. The van der Waals surface area contributed by atoms with Gasteiger partial charge in [-0.1, -0.05) is 29.8 Å². The quantitative estimate of drug-likeness (QED) is 0.493. The third-order valence-electron chi connectivity index (χ3n) is 4.60. The summed E-state index contributed by atoms with van der Waals surface area (Å²) in [6, 6.07) is 9.58. The first kappa shape index (κ1) is 22.6. The van der Waals surface area contributed by atoms with Gasteiger partial charge in [0.1, 0.15) is 11.3 Å². The Kier molecular flexibility index (Phi) is 6.00. The molecule has 0 bridgehead atoms. The first-order valence-corrected chi connectivity index (χ1v) is 9.47. The minimum Gasteiger partial charge on any atom is -0.479 e. The van der Waals surface area contributed by atoms with Crippen LogP contribution in [0, 0.1) is 0 Å². The van der Waals surface area contributed by atoms with Gasteiger partial charge in [0.05, 0.1) is 12.7 Å². The van der Waals surface area contributed by atoms with Crippen LogP contribution in [0.5, 0.6) is 5.75 Å². The lowest BCUT2D eigenvalue weighted by Gasteiger charge is -2.26. The number of esters is 1. The van der Waals surface area contributed by atoms with Crippen molar-refractivity contribution in [2.45, 2.75) is 25.6 Å². The molecule has 6 nitrogen and oxygen atoms in total. The van der Waals surface area contributed by atoms with Gasteiger partial charge in [-0.15, -0.1) is 10.2 Å². The molecule has 0 unspecified atom stereocenters. The van der Waals surface area contributed by atoms with Gasteiger partial charge >= 0.3 is 12.1 Å². The third kappa shape index (κ3) is 4.51. The molecule has 1 heterocycles. The van der Waals surface area contributed by atoms with Crippen LogP contribution in [0.25, 0.3) is 11.4 Å². The van der Waals surface area contributed by atoms with E-state index in [9.17, 15) is 18.0 Å². The summed E-state index contributed by atoms with van der Waals surface area (Å²) in [7, 11) is 2.78. The van der Waals surface area contributed by atoms with Crippen molar-refractivity contribution in [3.05, 3.63) is 64.4 Å². The van der Waals surface area contributed by atoms with E-state index >= 15 is 0 Å². The predicted octanol–water partition coefficient (Wildman–Crippen LogP) is 5.26. The van der Waals surface area contributed by atoms with Gasteiger partial charge in [-0.3, -0.25) is 0 Å². The maximum Gasteiger partial charge on any atom is 0.417 e. The van der Waals surface area contributed by atoms with E-state index in [1.54, 1.807) is 27.0 Å². The molecule has 0 amide bonds. The zero-order chi connectivity index (χ0) is 23.0. The molecule has 0 spiro atoms. The fraction of sp³-hybridized carbons (Fsp3) is 0.286. The molecule has 1 aromatic heterocycles. The average molecular weight is 454 g/mol. The number of hydrogen-bond acceptors (Lipinski definition) is 5. The molecule has 0 saturated carbocycles. The highest BCUT2D eigenvalue weighted by molar-refractivity contribution is 6.31. The second kappa shape index (κ2) is 8.22. The number of rotatable bonds is 5. The van der Waals surface area contributed by atoms with Crippen molar-refractivity contribution in [2.24, 2.45) is 7.05 Å². The molecule has 3 rings (SSSR count). The summed E-state index contributed by atoms with van der Waals surface area (Å²) in [4.78, 5) is 12.1. The van der Waals surface area contributed by atoms with Gasteiger partial charge in [-0.2, -0.15) is 13.2 Å². The largest absolute Gasteiger partial charge is 0.479 e. The zero-order valence-electron chi connectivity index (χ0n) is 17.1. The third-order valence-corrected chi connectivity index (χ3v) is 4.83. The molecule has 0 radical (unpaired) electrons. The van der Waals surface area contributed by atoms with Crippen LogP contribution >= 0.6 is 11.6 Å². The van der Waals surface area contributed by atoms with Crippen LogP contribution in [-0.2, 0) is 23.6 Å². The topological polar surface area (TPSA) is 66.2 Å². The maximum absolute atomic E-state index is 13.4. The van der Waals surface area contributed by atoms with Gasteiger partial charge in [0.2, 0.25) is 0 Å². The highest BCUT2D eigenvalue weighted by Gasteiger charge is 2.36. The Morgan fingerprint density at radius 1 is 1.10 bits per heavy atom. The summed E-state index contributed by atoms with van der Waals surface area (Å²) < 4.78 is 52.5. The van der Waals surface area contributed by atoms with Gasteiger partial charge in [-0.05, 0) is 38.1 Å². The number of methoxy groups -OCH3 is 1. The molecule has 164 valence electrons. The second-order valence-electron chi connectivity index (χ2n) is 7.19. The van der Waals surface area contributed by atoms with Gasteiger partial charge in [-0.25, -0.2) is 4.79 Å². The zero-order valence-corrected chi connectivity index (χ0v) is 17.9. The molecule has 31 heavy (non-hydrogen) atoms. The van der Waals surface area contributed by atoms with Gasteiger partial charge < -0.3 is 14.0 Å². The predicted molar refractivity (Wildman–Crippen MR) is 108 cm³/mol. The second-order valence-corrected chi connectivity index (χ2v) is 7.63. The molecule has 0 fully saturated rings. The lowest BCUT2D eigenvalue weighted by molar-refractivity contribution is -0.137. The first-order chi connectivity index (χ1) is 14.5. The van der Waals surface area contributed by atoms with Gasteiger partial charge in [0.25, 0.3) is 0 Å². The van der Waals surface area contributed by atoms with E-state index in [0.717, 1.165) is 6.07 Å². The Morgan fingerprint density at radius 3 is 2.42 bits per heavy atom. The molecule has 10 heteroatoms.